The first-order valence-corrected chi connectivity index (χ1v) is 5.84. The Balaban J connectivity index is 2.56. The van der Waals surface area contributed by atoms with Crippen molar-refractivity contribution in [3.8, 4) is 0 Å². The molecule has 0 fully saturated rings. The Kier molecular flexibility index (Phi) is 5.36. The second kappa shape index (κ2) is 6.79. The van der Waals surface area contributed by atoms with Crippen LogP contribution in [0.25, 0.3) is 0 Å². The van der Waals surface area contributed by atoms with Crippen LogP contribution in [0.2, 0.25) is 0 Å². The molecule has 0 bridgehead atoms. The molecule has 4 nitrogen and oxygen atoms in total. The van der Waals surface area contributed by atoms with Gasteiger partial charge in [0.15, 0.2) is 12.2 Å². The van der Waals surface area contributed by atoms with Gasteiger partial charge in [-0.2, -0.15) is 0 Å². The molecule has 18 heavy (non-hydrogen) atoms. The van der Waals surface area contributed by atoms with Crippen LogP contribution in [-0.2, 0) is 19.1 Å². The summed E-state index contributed by atoms with van der Waals surface area (Å²) in [5, 5.41) is 0. The van der Waals surface area contributed by atoms with Crippen molar-refractivity contribution in [1.29, 1.82) is 0 Å². The Labute approximate surface area is 107 Å². The summed E-state index contributed by atoms with van der Waals surface area (Å²) in [6.07, 6.45) is 5.92. The molecule has 0 saturated heterocycles. The van der Waals surface area contributed by atoms with Crippen LogP contribution in [0.3, 0.4) is 0 Å². The van der Waals surface area contributed by atoms with Crippen molar-refractivity contribution in [3.05, 3.63) is 36.5 Å². The first-order valence-electron chi connectivity index (χ1n) is 5.84. The molecular formula is C14H18O4. The van der Waals surface area contributed by atoms with E-state index in [1.807, 2.05) is 13.8 Å². The zero-order chi connectivity index (χ0) is 13.5. The standard InChI is InChI=1S/C14H18O4/c1-4-11(12-6-5-7-13(15)18-12)17-14(16)9-8-10(2)3/h4-6,8,11-12H,1,7,9H2,2-3H3/t11-,12+/m1/s1. The molecule has 0 aromatic rings. The Morgan fingerprint density at radius 3 is 2.94 bits per heavy atom. The SMILES string of the molecule is C=C[C@@H](OC(=O)CC=C(C)C)[C@@H]1C=CCC(=O)O1. The van der Waals surface area contributed by atoms with Gasteiger partial charge in [0.2, 0.25) is 0 Å². The molecule has 0 radical (unpaired) electrons. The molecule has 2 atom stereocenters. The lowest BCUT2D eigenvalue weighted by atomic mass is 10.1. The Bertz CT molecular complexity index is 389. The summed E-state index contributed by atoms with van der Waals surface area (Å²) in [6.45, 7) is 7.41. The molecule has 1 rings (SSSR count). The zero-order valence-electron chi connectivity index (χ0n) is 10.7. The number of rotatable bonds is 5. The Morgan fingerprint density at radius 2 is 2.39 bits per heavy atom. The van der Waals surface area contributed by atoms with Gasteiger partial charge in [-0.25, -0.2) is 0 Å². The summed E-state index contributed by atoms with van der Waals surface area (Å²) in [4.78, 5) is 22.7. The second-order valence-corrected chi connectivity index (χ2v) is 4.26. The van der Waals surface area contributed by atoms with Gasteiger partial charge in [-0.1, -0.05) is 24.3 Å². The predicted octanol–water partition coefficient (Wildman–Crippen LogP) is 2.31. The van der Waals surface area contributed by atoms with Gasteiger partial charge < -0.3 is 9.47 Å². The van der Waals surface area contributed by atoms with Crippen molar-refractivity contribution >= 4 is 11.9 Å². The molecule has 0 unspecified atom stereocenters. The normalized spacial score (nSPS) is 19.7. The van der Waals surface area contributed by atoms with Gasteiger partial charge in [0, 0.05) is 0 Å². The summed E-state index contributed by atoms with van der Waals surface area (Å²) < 4.78 is 10.3. The predicted molar refractivity (Wildman–Crippen MR) is 67.8 cm³/mol. The highest BCUT2D eigenvalue weighted by atomic mass is 16.6. The molecule has 98 valence electrons. The van der Waals surface area contributed by atoms with E-state index in [0.29, 0.717) is 0 Å². The third-order valence-electron chi connectivity index (χ3n) is 2.38. The lowest BCUT2D eigenvalue weighted by Gasteiger charge is -2.24. The van der Waals surface area contributed by atoms with Crippen molar-refractivity contribution in [2.24, 2.45) is 0 Å². The van der Waals surface area contributed by atoms with Gasteiger partial charge in [-0.05, 0) is 26.0 Å². The molecule has 0 spiro atoms. The maximum absolute atomic E-state index is 11.6. The van der Waals surface area contributed by atoms with E-state index < -0.39 is 12.2 Å². The molecule has 0 amide bonds. The minimum absolute atomic E-state index is 0.205. The number of esters is 2. The van der Waals surface area contributed by atoms with E-state index in [1.54, 1.807) is 18.2 Å². The van der Waals surface area contributed by atoms with E-state index >= 15 is 0 Å². The van der Waals surface area contributed by atoms with Gasteiger partial charge in [0.1, 0.15) is 0 Å². The second-order valence-electron chi connectivity index (χ2n) is 4.26. The largest absolute Gasteiger partial charge is 0.454 e. The van der Waals surface area contributed by atoms with Gasteiger partial charge >= 0.3 is 11.9 Å². The molecule has 0 aromatic heterocycles. The van der Waals surface area contributed by atoms with Crippen molar-refractivity contribution in [2.45, 2.75) is 38.9 Å². The van der Waals surface area contributed by atoms with E-state index in [-0.39, 0.29) is 24.8 Å². The van der Waals surface area contributed by atoms with Crippen LogP contribution < -0.4 is 0 Å². The molecule has 1 aliphatic heterocycles. The third kappa shape index (κ3) is 4.57. The highest BCUT2D eigenvalue weighted by Crippen LogP contribution is 2.14. The fourth-order valence-corrected chi connectivity index (χ4v) is 1.45. The maximum Gasteiger partial charge on any atom is 0.310 e. The minimum Gasteiger partial charge on any atom is -0.454 e. The van der Waals surface area contributed by atoms with Gasteiger partial charge in [0.25, 0.3) is 0 Å². The molecule has 0 aliphatic carbocycles. The van der Waals surface area contributed by atoms with Crippen LogP contribution in [0.15, 0.2) is 36.5 Å². The maximum atomic E-state index is 11.6. The van der Waals surface area contributed by atoms with E-state index in [9.17, 15) is 9.59 Å². The number of hydrogen-bond donors (Lipinski definition) is 0. The summed E-state index contributed by atoms with van der Waals surface area (Å²) in [5.41, 5.74) is 1.05. The van der Waals surface area contributed by atoms with E-state index in [4.69, 9.17) is 9.47 Å². The topological polar surface area (TPSA) is 52.6 Å². The van der Waals surface area contributed by atoms with Crippen LogP contribution in [0.4, 0.5) is 0 Å². The number of hydrogen-bond acceptors (Lipinski definition) is 4. The molecule has 0 aromatic carbocycles. The van der Waals surface area contributed by atoms with Gasteiger partial charge in [-0.3, -0.25) is 9.59 Å². The number of cyclic esters (lactones) is 1. The van der Waals surface area contributed by atoms with Crippen LogP contribution in [0.1, 0.15) is 26.7 Å². The van der Waals surface area contributed by atoms with Crippen molar-refractivity contribution in [3.63, 3.8) is 0 Å². The molecule has 4 heteroatoms. The molecule has 0 N–H and O–H groups in total. The quantitative estimate of drug-likeness (QED) is 0.555. The zero-order valence-corrected chi connectivity index (χ0v) is 10.7. The summed E-state index contributed by atoms with van der Waals surface area (Å²) in [6, 6.07) is 0. The number of allylic oxidation sites excluding steroid dienone is 1. The highest BCUT2D eigenvalue weighted by Gasteiger charge is 2.25. The minimum atomic E-state index is -0.636. The van der Waals surface area contributed by atoms with Crippen molar-refractivity contribution in [1.82, 2.24) is 0 Å². The monoisotopic (exact) mass is 250 g/mol. The van der Waals surface area contributed by atoms with Crippen molar-refractivity contribution in [2.75, 3.05) is 0 Å². The van der Waals surface area contributed by atoms with Gasteiger partial charge in [-0.15, -0.1) is 0 Å². The van der Waals surface area contributed by atoms with E-state index in [0.717, 1.165) is 5.57 Å². The summed E-state index contributed by atoms with van der Waals surface area (Å²) in [5.74, 6) is -0.689. The Hall–Kier alpha value is -1.84. The van der Waals surface area contributed by atoms with Crippen LogP contribution in [0.5, 0.6) is 0 Å². The first kappa shape index (κ1) is 14.2. The third-order valence-corrected chi connectivity index (χ3v) is 2.38. The number of ether oxygens (including phenoxy) is 2. The van der Waals surface area contributed by atoms with E-state index in [2.05, 4.69) is 6.58 Å². The summed E-state index contributed by atoms with van der Waals surface area (Å²) in [7, 11) is 0. The average molecular weight is 250 g/mol. The molecule has 1 aliphatic rings. The van der Waals surface area contributed by atoms with Crippen LogP contribution in [-0.4, -0.2) is 24.1 Å². The fraction of sp³-hybridized carbons (Fsp3) is 0.429. The Morgan fingerprint density at radius 1 is 1.67 bits per heavy atom. The lowest BCUT2D eigenvalue weighted by Crippen LogP contribution is -2.33. The highest BCUT2D eigenvalue weighted by molar-refractivity contribution is 5.73. The number of carbonyl (C=O) groups excluding carboxylic acids is 2. The first-order chi connectivity index (χ1) is 8.52. The fourth-order valence-electron chi connectivity index (χ4n) is 1.45. The summed E-state index contributed by atoms with van der Waals surface area (Å²) >= 11 is 0. The molecule has 0 saturated carbocycles. The van der Waals surface area contributed by atoms with E-state index in [1.165, 1.54) is 6.08 Å². The van der Waals surface area contributed by atoms with Crippen LogP contribution >= 0.6 is 0 Å². The molecule has 1 heterocycles. The molecular weight excluding hydrogens is 232 g/mol. The smallest absolute Gasteiger partial charge is 0.310 e. The lowest BCUT2D eigenvalue weighted by molar-refractivity contribution is -0.161. The van der Waals surface area contributed by atoms with Crippen molar-refractivity contribution < 1.29 is 19.1 Å². The van der Waals surface area contributed by atoms with Gasteiger partial charge in [0.05, 0.1) is 12.8 Å². The number of carbonyl (C=O) groups is 2. The average Bonchev–Trinajstić information content (AvgIpc) is 2.33. The van der Waals surface area contributed by atoms with Crippen LogP contribution in [0, 0.1) is 0 Å².